The average Bonchev–Trinajstić information content (AvgIpc) is 2.59. The van der Waals surface area contributed by atoms with Crippen LogP contribution in [0.4, 0.5) is 0 Å². The van der Waals surface area contributed by atoms with Gasteiger partial charge in [0.05, 0.1) is 12.7 Å². The van der Waals surface area contributed by atoms with E-state index in [4.69, 9.17) is 9.47 Å². The third-order valence-corrected chi connectivity index (χ3v) is 2.50. The molecular weight excluding hydrogens is 164 g/mol. The normalized spacial score (nSPS) is 25.3. The standard InChI is InChI=1S/C11H18O2/c1-4-7-8-10-9-12-11(5-2,6-3)13-10/h10H,5-6,8-9H2,1-3H3/t10-/m0/s1. The molecule has 0 amide bonds. The number of hydrogen-bond acceptors (Lipinski definition) is 2. The van der Waals surface area contributed by atoms with Crippen molar-refractivity contribution in [3.63, 3.8) is 0 Å². The van der Waals surface area contributed by atoms with Crippen molar-refractivity contribution >= 4 is 0 Å². The summed E-state index contributed by atoms with van der Waals surface area (Å²) in [5.74, 6) is 5.57. The first-order chi connectivity index (χ1) is 6.26. The maximum atomic E-state index is 5.82. The molecule has 1 fully saturated rings. The van der Waals surface area contributed by atoms with Crippen LogP contribution >= 0.6 is 0 Å². The summed E-state index contributed by atoms with van der Waals surface area (Å²) in [7, 11) is 0. The van der Waals surface area contributed by atoms with Gasteiger partial charge < -0.3 is 9.47 Å². The highest BCUT2D eigenvalue weighted by molar-refractivity contribution is 4.98. The van der Waals surface area contributed by atoms with Gasteiger partial charge in [0, 0.05) is 6.42 Å². The van der Waals surface area contributed by atoms with E-state index in [-0.39, 0.29) is 11.9 Å². The van der Waals surface area contributed by atoms with E-state index < -0.39 is 0 Å². The minimum Gasteiger partial charge on any atom is -0.347 e. The van der Waals surface area contributed by atoms with E-state index in [2.05, 4.69) is 25.7 Å². The van der Waals surface area contributed by atoms with Gasteiger partial charge in [0.1, 0.15) is 0 Å². The SMILES string of the molecule is CC#CC[C@H]1COC(CC)(CC)O1. The van der Waals surface area contributed by atoms with Crippen LogP contribution in [0.3, 0.4) is 0 Å². The van der Waals surface area contributed by atoms with E-state index in [0.717, 1.165) is 19.3 Å². The van der Waals surface area contributed by atoms with Gasteiger partial charge in [-0.05, 0) is 19.8 Å². The lowest BCUT2D eigenvalue weighted by Crippen LogP contribution is -2.28. The summed E-state index contributed by atoms with van der Waals surface area (Å²) in [6.07, 6.45) is 2.80. The molecule has 0 unspecified atom stereocenters. The van der Waals surface area contributed by atoms with Crippen LogP contribution in [0.1, 0.15) is 40.0 Å². The summed E-state index contributed by atoms with van der Waals surface area (Å²) in [6.45, 7) is 6.73. The van der Waals surface area contributed by atoms with Gasteiger partial charge in [0.25, 0.3) is 0 Å². The summed E-state index contributed by atoms with van der Waals surface area (Å²) >= 11 is 0. The average molecular weight is 182 g/mol. The van der Waals surface area contributed by atoms with Gasteiger partial charge in [-0.1, -0.05) is 13.8 Å². The lowest BCUT2D eigenvalue weighted by atomic mass is 10.1. The third kappa shape index (κ3) is 2.46. The molecule has 2 nitrogen and oxygen atoms in total. The predicted molar refractivity (Wildman–Crippen MR) is 52.2 cm³/mol. The Kier molecular flexibility index (Phi) is 3.77. The van der Waals surface area contributed by atoms with Gasteiger partial charge in [-0.2, -0.15) is 0 Å². The lowest BCUT2D eigenvalue weighted by molar-refractivity contribution is -0.171. The smallest absolute Gasteiger partial charge is 0.168 e. The Morgan fingerprint density at radius 1 is 1.38 bits per heavy atom. The molecule has 1 rings (SSSR count). The Morgan fingerprint density at radius 3 is 2.54 bits per heavy atom. The minimum atomic E-state index is -0.319. The van der Waals surface area contributed by atoms with E-state index in [1.165, 1.54) is 0 Å². The molecule has 0 bridgehead atoms. The second-order valence-electron chi connectivity index (χ2n) is 3.30. The van der Waals surface area contributed by atoms with Crippen LogP contribution in [0.15, 0.2) is 0 Å². The van der Waals surface area contributed by atoms with Crippen LogP contribution in [0.2, 0.25) is 0 Å². The fourth-order valence-corrected chi connectivity index (χ4v) is 1.55. The molecule has 0 saturated carbocycles. The number of rotatable bonds is 3. The topological polar surface area (TPSA) is 18.5 Å². The van der Waals surface area contributed by atoms with Crippen LogP contribution < -0.4 is 0 Å². The Labute approximate surface area is 80.6 Å². The van der Waals surface area contributed by atoms with Gasteiger partial charge in [0.15, 0.2) is 5.79 Å². The summed E-state index contributed by atoms with van der Waals surface area (Å²) in [6, 6.07) is 0. The summed E-state index contributed by atoms with van der Waals surface area (Å²) in [5.41, 5.74) is 0. The van der Waals surface area contributed by atoms with Gasteiger partial charge in [0.2, 0.25) is 0 Å². The highest BCUT2D eigenvalue weighted by Gasteiger charge is 2.37. The highest BCUT2D eigenvalue weighted by Crippen LogP contribution is 2.30. The Hall–Kier alpha value is -0.520. The fourth-order valence-electron chi connectivity index (χ4n) is 1.55. The molecule has 0 aromatic carbocycles. The zero-order chi connectivity index (χ0) is 9.73. The van der Waals surface area contributed by atoms with Gasteiger partial charge >= 0.3 is 0 Å². The van der Waals surface area contributed by atoms with Crippen molar-refractivity contribution in [2.75, 3.05) is 6.61 Å². The van der Waals surface area contributed by atoms with Gasteiger partial charge in [-0.25, -0.2) is 0 Å². The van der Waals surface area contributed by atoms with Crippen LogP contribution in [-0.4, -0.2) is 18.5 Å². The molecule has 1 atom stereocenters. The molecule has 13 heavy (non-hydrogen) atoms. The van der Waals surface area contributed by atoms with Crippen molar-refractivity contribution in [1.29, 1.82) is 0 Å². The van der Waals surface area contributed by atoms with E-state index in [1.807, 2.05) is 6.92 Å². The first kappa shape index (κ1) is 10.6. The van der Waals surface area contributed by atoms with E-state index in [1.54, 1.807) is 0 Å². The molecule has 74 valence electrons. The summed E-state index contributed by atoms with van der Waals surface area (Å²) in [4.78, 5) is 0. The first-order valence-electron chi connectivity index (χ1n) is 4.97. The zero-order valence-electron chi connectivity index (χ0n) is 8.72. The van der Waals surface area contributed by atoms with Gasteiger partial charge in [-0.15, -0.1) is 11.8 Å². The number of ether oxygens (including phenoxy) is 2. The van der Waals surface area contributed by atoms with Crippen molar-refractivity contribution in [2.45, 2.75) is 51.9 Å². The van der Waals surface area contributed by atoms with Crippen molar-refractivity contribution in [1.82, 2.24) is 0 Å². The Morgan fingerprint density at radius 2 is 2.08 bits per heavy atom. The van der Waals surface area contributed by atoms with Crippen LogP contribution in [0.5, 0.6) is 0 Å². The molecular formula is C11H18O2. The van der Waals surface area contributed by atoms with E-state index in [9.17, 15) is 0 Å². The molecule has 0 aromatic rings. The van der Waals surface area contributed by atoms with Crippen LogP contribution in [0, 0.1) is 11.8 Å². The monoisotopic (exact) mass is 182 g/mol. The Bertz CT molecular complexity index is 208. The minimum absolute atomic E-state index is 0.173. The molecule has 2 heteroatoms. The van der Waals surface area contributed by atoms with Crippen molar-refractivity contribution < 1.29 is 9.47 Å². The fraction of sp³-hybridized carbons (Fsp3) is 0.818. The largest absolute Gasteiger partial charge is 0.347 e. The summed E-state index contributed by atoms with van der Waals surface area (Å²) in [5, 5.41) is 0. The Balaban J connectivity index is 2.45. The van der Waals surface area contributed by atoms with Crippen molar-refractivity contribution in [3.05, 3.63) is 0 Å². The molecule has 0 N–H and O–H groups in total. The van der Waals surface area contributed by atoms with Crippen molar-refractivity contribution in [2.24, 2.45) is 0 Å². The molecule has 0 spiro atoms. The second kappa shape index (κ2) is 4.64. The maximum absolute atomic E-state index is 5.82. The zero-order valence-corrected chi connectivity index (χ0v) is 8.72. The molecule has 1 saturated heterocycles. The van der Waals surface area contributed by atoms with E-state index >= 15 is 0 Å². The van der Waals surface area contributed by atoms with Gasteiger partial charge in [-0.3, -0.25) is 0 Å². The molecule has 0 radical (unpaired) electrons. The van der Waals surface area contributed by atoms with Crippen molar-refractivity contribution in [3.8, 4) is 11.8 Å². The molecule has 1 aliphatic rings. The van der Waals surface area contributed by atoms with Crippen LogP contribution in [-0.2, 0) is 9.47 Å². The van der Waals surface area contributed by atoms with Crippen LogP contribution in [0.25, 0.3) is 0 Å². The molecule has 0 aromatic heterocycles. The maximum Gasteiger partial charge on any atom is 0.168 e. The van der Waals surface area contributed by atoms with E-state index in [0.29, 0.717) is 6.61 Å². The summed E-state index contributed by atoms with van der Waals surface area (Å²) < 4.78 is 11.5. The lowest BCUT2D eigenvalue weighted by Gasteiger charge is -2.24. The first-order valence-corrected chi connectivity index (χ1v) is 4.97. The molecule has 0 aliphatic carbocycles. The molecule has 1 aliphatic heterocycles. The highest BCUT2D eigenvalue weighted by atomic mass is 16.7. The quantitative estimate of drug-likeness (QED) is 0.624. The molecule has 1 heterocycles. The predicted octanol–water partition coefficient (Wildman–Crippen LogP) is 2.33. The second-order valence-corrected chi connectivity index (χ2v) is 3.30. The third-order valence-electron chi connectivity index (χ3n) is 2.50. The number of hydrogen-bond donors (Lipinski definition) is 0.